The second-order valence-electron chi connectivity index (χ2n) is 9.26. The molecule has 2 amide bonds. The van der Waals surface area contributed by atoms with Crippen molar-refractivity contribution in [2.45, 2.75) is 57.5 Å². The number of carbonyl (C=O) groups is 2. The number of para-hydroxylation sites is 1. The third-order valence-corrected chi connectivity index (χ3v) is 6.72. The lowest BCUT2D eigenvalue weighted by Gasteiger charge is -2.33. The molecule has 2 heterocycles. The molecule has 0 atom stereocenters. The molecule has 2 N–H and O–H groups in total. The van der Waals surface area contributed by atoms with Crippen molar-refractivity contribution in [3.63, 3.8) is 0 Å². The van der Waals surface area contributed by atoms with Crippen molar-refractivity contribution < 1.29 is 9.59 Å². The maximum absolute atomic E-state index is 12.7. The first-order chi connectivity index (χ1) is 15.4. The van der Waals surface area contributed by atoms with Crippen molar-refractivity contribution in [3.8, 4) is 0 Å². The van der Waals surface area contributed by atoms with E-state index in [4.69, 9.17) is 9.97 Å². The Labute approximate surface area is 189 Å². The van der Waals surface area contributed by atoms with E-state index in [0.717, 1.165) is 55.2 Å². The van der Waals surface area contributed by atoms with Gasteiger partial charge in [-0.2, -0.15) is 4.98 Å². The van der Waals surface area contributed by atoms with Gasteiger partial charge in [-0.05, 0) is 50.7 Å². The van der Waals surface area contributed by atoms with Crippen molar-refractivity contribution in [2.75, 3.05) is 37.4 Å². The number of nitrogens with zero attached hydrogens (tertiary/aromatic N) is 4. The van der Waals surface area contributed by atoms with Crippen LogP contribution in [0.5, 0.6) is 0 Å². The predicted octanol–water partition coefficient (Wildman–Crippen LogP) is 2.79. The maximum atomic E-state index is 12.7. The lowest BCUT2D eigenvalue weighted by atomic mass is 9.89. The maximum Gasteiger partial charge on any atom is 0.225 e. The summed E-state index contributed by atoms with van der Waals surface area (Å²) >= 11 is 0. The summed E-state index contributed by atoms with van der Waals surface area (Å²) in [5, 5.41) is 7.82. The molecule has 2 aromatic rings. The standard InChI is InChI=1S/C24H34N6O2/c1-16(31)30-14-12-17(13-15-30)23(32)25-18-8-10-19(11-9-18)26-24-27-21-7-5-4-6-20(21)22(28-24)29(2)3/h4-7,17-19H,8-15H2,1-3H3,(H,25,32)(H,26,27,28). The molecule has 0 unspecified atom stereocenters. The monoisotopic (exact) mass is 438 g/mol. The Morgan fingerprint density at radius 2 is 1.62 bits per heavy atom. The normalized spacial score (nSPS) is 21.9. The molecule has 1 saturated carbocycles. The summed E-state index contributed by atoms with van der Waals surface area (Å²) in [6.07, 6.45) is 5.36. The molecule has 0 bridgehead atoms. The van der Waals surface area contributed by atoms with Crippen molar-refractivity contribution in [1.29, 1.82) is 0 Å². The second-order valence-corrected chi connectivity index (χ2v) is 9.26. The zero-order chi connectivity index (χ0) is 22.7. The fourth-order valence-corrected chi connectivity index (χ4v) is 4.81. The molecule has 1 aliphatic carbocycles. The van der Waals surface area contributed by atoms with Crippen molar-refractivity contribution in [2.24, 2.45) is 5.92 Å². The highest BCUT2D eigenvalue weighted by Gasteiger charge is 2.29. The van der Waals surface area contributed by atoms with Crippen LogP contribution in [0.25, 0.3) is 10.9 Å². The minimum Gasteiger partial charge on any atom is -0.362 e. The highest BCUT2D eigenvalue weighted by molar-refractivity contribution is 5.90. The topological polar surface area (TPSA) is 90.5 Å². The lowest BCUT2D eigenvalue weighted by Crippen LogP contribution is -2.46. The van der Waals surface area contributed by atoms with Crippen LogP contribution in [-0.4, -0.2) is 66.0 Å². The third-order valence-electron chi connectivity index (χ3n) is 6.72. The number of carbonyl (C=O) groups excluding carboxylic acids is 2. The van der Waals surface area contributed by atoms with Crippen molar-refractivity contribution in [1.82, 2.24) is 20.2 Å². The Morgan fingerprint density at radius 3 is 2.28 bits per heavy atom. The second kappa shape index (κ2) is 9.71. The van der Waals surface area contributed by atoms with Crippen LogP contribution < -0.4 is 15.5 Å². The number of benzene rings is 1. The Balaban J connectivity index is 1.29. The van der Waals surface area contributed by atoms with Gasteiger partial charge in [0.25, 0.3) is 0 Å². The van der Waals surface area contributed by atoms with Gasteiger partial charge in [0.05, 0.1) is 5.52 Å². The SMILES string of the molecule is CC(=O)N1CCC(C(=O)NC2CCC(Nc3nc(N(C)C)c4ccccc4n3)CC2)CC1. The molecule has 0 radical (unpaired) electrons. The first-order valence-electron chi connectivity index (χ1n) is 11.7. The van der Waals surface area contributed by atoms with Gasteiger partial charge >= 0.3 is 0 Å². The third kappa shape index (κ3) is 5.11. The van der Waals surface area contributed by atoms with Crippen molar-refractivity contribution >= 4 is 34.5 Å². The van der Waals surface area contributed by atoms with E-state index in [1.807, 2.05) is 48.2 Å². The quantitative estimate of drug-likeness (QED) is 0.746. The molecule has 0 spiro atoms. The average Bonchev–Trinajstić information content (AvgIpc) is 2.79. The minimum atomic E-state index is 0.0249. The van der Waals surface area contributed by atoms with E-state index in [9.17, 15) is 9.59 Å². The van der Waals surface area contributed by atoms with E-state index in [2.05, 4.69) is 10.6 Å². The molecule has 32 heavy (non-hydrogen) atoms. The average molecular weight is 439 g/mol. The molecular formula is C24H34N6O2. The number of piperidine rings is 1. The molecule has 4 rings (SSSR count). The van der Waals surface area contributed by atoms with Crippen LogP contribution in [-0.2, 0) is 9.59 Å². The van der Waals surface area contributed by atoms with Gasteiger partial charge in [-0.25, -0.2) is 4.98 Å². The van der Waals surface area contributed by atoms with Gasteiger partial charge < -0.3 is 20.4 Å². The zero-order valence-corrected chi connectivity index (χ0v) is 19.3. The number of aromatic nitrogens is 2. The van der Waals surface area contributed by atoms with Crippen LogP contribution in [0.3, 0.4) is 0 Å². The lowest BCUT2D eigenvalue weighted by molar-refractivity contribution is -0.134. The van der Waals surface area contributed by atoms with Crippen LogP contribution in [0.1, 0.15) is 45.4 Å². The van der Waals surface area contributed by atoms with Crippen LogP contribution in [0.2, 0.25) is 0 Å². The Hall–Kier alpha value is -2.90. The van der Waals surface area contributed by atoms with E-state index in [1.54, 1.807) is 6.92 Å². The summed E-state index contributed by atoms with van der Waals surface area (Å²) in [5.41, 5.74) is 0.936. The Kier molecular flexibility index (Phi) is 6.77. The molecular weight excluding hydrogens is 404 g/mol. The molecule has 172 valence electrons. The first-order valence-corrected chi connectivity index (χ1v) is 11.7. The van der Waals surface area contributed by atoms with Gasteiger partial charge in [0.2, 0.25) is 17.8 Å². The molecule has 1 aliphatic heterocycles. The van der Waals surface area contributed by atoms with E-state index in [1.165, 1.54) is 0 Å². The Bertz CT molecular complexity index is 962. The van der Waals surface area contributed by atoms with Gasteiger partial charge in [0, 0.05) is 57.5 Å². The smallest absolute Gasteiger partial charge is 0.225 e. The number of amides is 2. The molecule has 1 aromatic heterocycles. The van der Waals surface area contributed by atoms with Gasteiger partial charge in [0.15, 0.2) is 0 Å². The van der Waals surface area contributed by atoms with E-state index in [0.29, 0.717) is 25.1 Å². The number of fused-ring (bicyclic) bond motifs is 1. The highest BCUT2D eigenvalue weighted by atomic mass is 16.2. The number of likely N-dealkylation sites (tertiary alicyclic amines) is 1. The first kappa shape index (κ1) is 22.3. The van der Waals surface area contributed by atoms with E-state index in [-0.39, 0.29) is 23.8 Å². The fourth-order valence-electron chi connectivity index (χ4n) is 4.81. The van der Waals surface area contributed by atoms with Crippen LogP contribution in [0.4, 0.5) is 11.8 Å². The molecule has 1 saturated heterocycles. The summed E-state index contributed by atoms with van der Waals surface area (Å²) in [7, 11) is 3.99. The van der Waals surface area contributed by atoms with Crippen LogP contribution in [0.15, 0.2) is 24.3 Å². The minimum absolute atomic E-state index is 0.0249. The highest BCUT2D eigenvalue weighted by Crippen LogP contribution is 2.27. The van der Waals surface area contributed by atoms with E-state index >= 15 is 0 Å². The number of rotatable bonds is 5. The summed E-state index contributed by atoms with van der Waals surface area (Å²) in [4.78, 5) is 37.5. The summed E-state index contributed by atoms with van der Waals surface area (Å²) in [5.74, 6) is 1.85. The number of nitrogens with one attached hydrogen (secondary N) is 2. The molecule has 2 fully saturated rings. The summed E-state index contributed by atoms with van der Waals surface area (Å²) in [6, 6.07) is 8.60. The number of hydrogen-bond acceptors (Lipinski definition) is 6. The molecule has 2 aliphatic rings. The number of anilines is 2. The van der Waals surface area contributed by atoms with Crippen LogP contribution >= 0.6 is 0 Å². The van der Waals surface area contributed by atoms with Gasteiger partial charge in [0.1, 0.15) is 5.82 Å². The van der Waals surface area contributed by atoms with Crippen molar-refractivity contribution in [3.05, 3.63) is 24.3 Å². The number of hydrogen-bond donors (Lipinski definition) is 2. The fraction of sp³-hybridized carbons (Fsp3) is 0.583. The summed E-state index contributed by atoms with van der Waals surface area (Å²) < 4.78 is 0. The largest absolute Gasteiger partial charge is 0.362 e. The van der Waals surface area contributed by atoms with E-state index < -0.39 is 0 Å². The predicted molar refractivity (Wildman–Crippen MR) is 127 cm³/mol. The molecule has 1 aromatic carbocycles. The van der Waals surface area contributed by atoms with Gasteiger partial charge in [-0.3, -0.25) is 9.59 Å². The van der Waals surface area contributed by atoms with Crippen LogP contribution in [0, 0.1) is 5.92 Å². The van der Waals surface area contributed by atoms with Gasteiger partial charge in [-0.15, -0.1) is 0 Å². The zero-order valence-electron chi connectivity index (χ0n) is 19.3. The summed E-state index contributed by atoms with van der Waals surface area (Å²) in [6.45, 7) is 2.96. The molecule has 8 heteroatoms. The van der Waals surface area contributed by atoms with Gasteiger partial charge in [-0.1, -0.05) is 12.1 Å². The Morgan fingerprint density at radius 1 is 0.969 bits per heavy atom. The molecule has 8 nitrogen and oxygen atoms in total.